The van der Waals surface area contributed by atoms with Crippen molar-refractivity contribution in [3.05, 3.63) is 41.7 Å². The number of benzene rings is 1. The average molecular weight is 259 g/mol. The Balaban J connectivity index is 2.22. The van der Waals surface area contributed by atoms with Gasteiger partial charge in [-0.1, -0.05) is 23.7 Å². The highest BCUT2D eigenvalue weighted by molar-refractivity contribution is 6.30. The van der Waals surface area contributed by atoms with Gasteiger partial charge in [-0.15, -0.1) is 0 Å². The van der Waals surface area contributed by atoms with Crippen LogP contribution in [-0.2, 0) is 0 Å². The molecule has 0 saturated heterocycles. The second-order valence-electron chi connectivity index (χ2n) is 3.79. The monoisotopic (exact) mass is 258 g/mol. The van der Waals surface area contributed by atoms with Crippen molar-refractivity contribution in [2.24, 2.45) is 0 Å². The fourth-order valence-corrected chi connectivity index (χ4v) is 1.61. The molecular formula is C13H11ClN4. The first-order valence-electron chi connectivity index (χ1n) is 5.37. The summed E-state index contributed by atoms with van der Waals surface area (Å²) in [5.74, 6) is 0.536. The molecule has 90 valence electrons. The predicted octanol–water partition coefficient (Wildman–Crippen LogP) is 2.76. The summed E-state index contributed by atoms with van der Waals surface area (Å²) < 4.78 is 0. The van der Waals surface area contributed by atoms with Crippen molar-refractivity contribution in [3.8, 4) is 17.2 Å². The highest BCUT2D eigenvalue weighted by atomic mass is 35.5. The number of halogens is 1. The smallest absolute Gasteiger partial charge is 0.225 e. The Morgan fingerprint density at radius 1 is 1.17 bits per heavy atom. The van der Waals surface area contributed by atoms with E-state index in [1.54, 1.807) is 24.3 Å². The van der Waals surface area contributed by atoms with Crippen molar-refractivity contribution >= 4 is 17.5 Å². The lowest BCUT2D eigenvalue weighted by atomic mass is 10.1. The van der Waals surface area contributed by atoms with Gasteiger partial charge in [0, 0.05) is 30.0 Å². The van der Waals surface area contributed by atoms with Gasteiger partial charge in [0.15, 0.2) is 0 Å². The van der Waals surface area contributed by atoms with E-state index in [2.05, 4.69) is 9.97 Å². The zero-order chi connectivity index (χ0) is 13.0. The molecule has 0 amide bonds. The number of aromatic nitrogens is 2. The number of nitrogens with zero attached hydrogens (tertiary/aromatic N) is 4. The Hall–Kier alpha value is -2.12. The van der Waals surface area contributed by atoms with Crippen molar-refractivity contribution < 1.29 is 0 Å². The molecule has 1 aromatic carbocycles. The van der Waals surface area contributed by atoms with Gasteiger partial charge in [0.2, 0.25) is 5.95 Å². The minimum atomic E-state index is 0.264. The maximum atomic E-state index is 8.60. The van der Waals surface area contributed by atoms with E-state index in [4.69, 9.17) is 16.9 Å². The summed E-state index contributed by atoms with van der Waals surface area (Å²) in [6, 6.07) is 9.53. The largest absolute Gasteiger partial charge is 0.331 e. The maximum Gasteiger partial charge on any atom is 0.225 e. The molecule has 5 heteroatoms. The van der Waals surface area contributed by atoms with Gasteiger partial charge in [0.25, 0.3) is 0 Å². The summed E-state index contributed by atoms with van der Waals surface area (Å²) in [6.45, 7) is 0.264. The average Bonchev–Trinajstić information content (AvgIpc) is 2.40. The molecule has 0 bridgehead atoms. The van der Waals surface area contributed by atoms with Crippen molar-refractivity contribution in [3.63, 3.8) is 0 Å². The third-order valence-corrected chi connectivity index (χ3v) is 2.72. The lowest BCUT2D eigenvalue weighted by Crippen LogP contribution is -2.19. The van der Waals surface area contributed by atoms with E-state index in [0.717, 1.165) is 11.1 Å². The molecule has 0 saturated carbocycles. The van der Waals surface area contributed by atoms with Gasteiger partial charge < -0.3 is 4.90 Å². The highest BCUT2D eigenvalue weighted by Crippen LogP contribution is 2.20. The van der Waals surface area contributed by atoms with Crippen LogP contribution in [-0.4, -0.2) is 23.6 Å². The molecule has 0 aliphatic carbocycles. The number of anilines is 1. The summed E-state index contributed by atoms with van der Waals surface area (Å²) in [5.41, 5.74) is 1.93. The zero-order valence-electron chi connectivity index (χ0n) is 9.84. The second-order valence-corrected chi connectivity index (χ2v) is 4.23. The van der Waals surface area contributed by atoms with E-state index < -0.39 is 0 Å². The van der Waals surface area contributed by atoms with Crippen molar-refractivity contribution in [1.29, 1.82) is 5.26 Å². The Labute approximate surface area is 110 Å². The van der Waals surface area contributed by atoms with Crippen LogP contribution in [0.4, 0.5) is 5.95 Å². The number of nitriles is 1. The molecule has 18 heavy (non-hydrogen) atoms. The van der Waals surface area contributed by atoms with Gasteiger partial charge in [0.05, 0.1) is 6.07 Å². The lowest BCUT2D eigenvalue weighted by molar-refractivity contribution is 0.947. The first kappa shape index (κ1) is 12.3. The van der Waals surface area contributed by atoms with Gasteiger partial charge >= 0.3 is 0 Å². The third kappa shape index (κ3) is 2.76. The molecule has 4 nitrogen and oxygen atoms in total. The van der Waals surface area contributed by atoms with E-state index >= 15 is 0 Å². The van der Waals surface area contributed by atoms with Crippen LogP contribution in [0.1, 0.15) is 0 Å². The Kier molecular flexibility index (Phi) is 3.75. The molecule has 2 aromatic rings. The molecule has 1 aromatic heterocycles. The molecule has 0 aliphatic rings. The minimum Gasteiger partial charge on any atom is -0.331 e. The van der Waals surface area contributed by atoms with Gasteiger partial charge in [-0.2, -0.15) is 5.26 Å². The molecule has 1 heterocycles. The van der Waals surface area contributed by atoms with Gasteiger partial charge in [0.1, 0.15) is 6.54 Å². The molecule has 0 spiro atoms. The van der Waals surface area contributed by atoms with Crippen LogP contribution in [0.25, 0.3) is 11.1 Å². The van der Waals surface area contributed by atoms with E-state index in [9.17, 15) is 0 Å². The topological polar surface area (TPSA) is 52.8 Å². The quantitative estimate of drug-likeness (QED) is 0.795. The van der Waals surface area contributed by atoms with Crippen molar-refractivity contribution in [2.75, 3.05) is 18.5 Å². The van der Waals surface area contributed by atoms with Crippen LogP contribution in [0.5, 0.6) is 0 Å². The van der Waals surface area contributed by atoms with Crippen LogP contribution >= 0.6 is 11.6 Å². The third-order valence-electron chi connectivity index (χ3n) is 2.47. The molecule has 0 fully saturated rings. The molecule has 0 aliphatic heterocycles. The Morgan fingerprint density at radius 3 is 2.33 bits per heavy atom. The van der Waals surface area contributed by atoms with E-state index in [1.165, 1.54) is 0 Å². The Morgan fingerprint density at radius 2 is 1.78 bits per heavy atom. The van der Waals surface area contributed by atoms with Crippen LogP contribution in [0, 0.1) is 11.3 Å². The van der Waals surface area contributed by atoms with Crippen LogP contribution in [0.15, 0.2) is 36.7 Å². The van der Waals surface area contributed by atoms with Crippen LogP contribution in [0.3, 0.4) is 0 Å². The van der Waals surface area contributed by atoms with E-state index in [1.807, 2.05) is 30.3 Å². The van der Waals surface area contributed by atoms with Crippen LogP contribution < -0.4 is 4.90 Å². The van der Waals surface area contributed by atoms with Crippen molar-refractivity contribution in [1.82, 2.24) is 9.97 Å². The summed E-state index contributed by atoms with van der Waals surface area (Å²) in [4.78, 5) is 10.1. The second kappa shape index (κ2) is 5.48. The van der Waals surface area contributed by atoms with Gasteiger partial charge in [-0.25, -0.2) is 9.97 Å². The first-order chi connectivity index (χ1) is 8.70. The van der Waals surface area contributed by atoms with Crippen molar-refractivity contribution in [2.45, 2.75) is 0 Å². The normalized spacial score (nSPS) is 9.83. The molecule has 0 unspecified atom stereocenters. The first-order valence-corrected chi connectivity index (χ1v) is 5.74. The number of hydrogen-bond acceptors (Lipinski definition) is 4. The van der Waals surface area contributed by atoms with E-state index in [0.29, 0.717) is 11.0 Å². The Bertz CT molecular complexity index is 557. The fraction of sp³-hybridized carbons (Fsp3) is 0.154. The summed E-state index contributed by atoms with van der Waals surface area (Å²) in [6.07, 6.45) is 3.47. The maximum absolute atomic E-state index is 8.60. The highest BCUT2D eigenvalue weighted by Gasteiger charge is 2.04. The minimum absolute atomic E-state index is 0.264. The summed E-state index contributed by atoms with van der Waals surface area (Å²) in [7, 11) is 1.78. The number of rotatable bonds is 3. The standard InChI is InChI=1S/C13H11ClN4/c1-18(7-6-15)13-16-8-11(9-17-13)10-2-4-12(14)5-3-10/h2-5,8-9H,7H2,1H3. The number of hydrogen-bond donors (Lipinski definition) is 0. The molecule has 0 radical (unpaired) electrons. The fourth-order valence-electron chi connectivity index (χ4n) is 1.49. The van der Waals surface area contributed by atoms with E-state index in [-0.39, 0.29) is 6.54 Å². The molecule has 0 N–H and O–H groups in total. The van der Waals surface area contributed by atoms with Crippen LogP contribution in [0.2, 0.25) is 5.02 Å². The zero-order valence-corrected chi connectivity index (χ0v) is 10.6. The molecule has 2 rings (SSSR count). The molecular weight excluding hydrogens is 248 g/mol. The van der Waals surface area contributed by atoms with Gasteiger partial charge in [-0.05, 0) is 17.7 Å². The SMILES string of the molecule is CN(CC#N)c1ncc(-c2ccc(Cl)cc2)cn1. The van der Waals surface area contributed by atoms with Gasteiger partial charge in [-0.3, -0.25) is 0 Å². The summed E-state index contributed by atoms with van der Waals surface area (Å²) >= 11 is 5.83. The predicted molar refractivity (Wildman–Crippen MR) is 71.4 cm³/mol. The lowest BCUT2D eigenvalue weighted by Gasteiger charge is -2.12. The summed E-state index contributed by atoms with van der Waals surface area (Å²) in [5, 5.41) is 9.30. The molecule has 0 atom stereocenters.